The summed E-state index contributed by atoms with van der Waals surface area (Å²) < 4.78 is 6.57. The van der Waals surface area contributed by atoms with Gasteiger partial charge in [-0.2, -0.15) is 4.42 Å². The molecule has 5 nitrogen and oxygen atoms in total. The van der Waals surface area contributed by atoms with Crippen LogP contribution in [0.4, 0.5) is 0 Å². The number of ether oxygens (including phenoxy) is 1. The molecule has 1 aliphatic carbocycles. The van der Waals surface area contributed by atoms with Crippen LogP contribution in [0.1, 0.15) is 36.3 Å². The van der Waals surface area contributed by atoms with Crippen molar-refractivity contribution in [2.75, 3.05) is 0 Å². The molecule has 1 aliphatic heterocycles. The second-order valence-electron chi connectivity index (χ2n) is 6.51. The molecule has 1 unspecified atom stereocenters. The molecule has 0 N–H and O–H groups in total. The molecule has 0 bridgehead atoms. The van der Waals surface area contributed by atoms with Crippen LogP contribution < -0.4 is 4.74 Å². The average Bonchev–Trinajstić information content (AvgIpc) is 2.91. The van der Waals surface area contributed by atoms with E-state index in [0.29, 0.717) is 35.0 Å². The predicted molar refractivity (Wildman–Crippen MR) is 96.3 cm³/mol. The van der Waals surface area contributed by atoms with E-state index in [1.807, 2.05) is 36.4 Å². The first-order valence-electron chi connectivity index (χ1n) is 8.51. The first kappa shape index (κ1) is 16.8. The van der Waals surface area contributed by atoms with Crippen molar-refractivity contribution in [3.8, 4) is 5.75 Å². The zero-order valence-corrected chi connectivity index (χ0v) is 14.8. The normalized spacial score (nSPS) is 19.7. The van der Waals surface area contributed by atoms with Gasteiger partial charge in [0, 0.05) is 40.9 Å². The molecule has 0 radical (unpaired) electrons. The number of carbonyl (C=O) groups excluding carboxylic acids is 2. The van der Waals surface area contributed by atoms with Crippen molar-refractivity contribution in [1.82, 2.24) is 9.40 Å². The van der Waals surface area contributed by atoms with Gasteiger partial charge in [0.2, 0.25) is 0 Å². The van der Waals surface area contributed by atoms with E-state index in [1.165, 1.54) is 0 Å². The lowest BCUT2D eigenvalue weighted by Crippen LogP contribution is -2.21. The van der Waals surface area contributed by atoms with E-state index in [-0.39, 0.29) is 17.7 Å². The third-order valence-electron chi connectivity index (χ3n) is 4.89. The van der Waals surface area contributed by atoms with Crippen molar-refractivity contribution in [2.24, 2.45) is 0 Å². The third kappa shape index (κ3) is 3.10. The van der Waals surface area contributed by atoms with Gasteiger partial charge in [-0.05, 0) is 48.9 Å². The molecule has 2 amide bonds. The number of halogens is 1. The molecule has 132 valence electrons. The van der Waals surface area contributed by atoms with Crippen LogP contribution in [0, 0.1) is 0 Å². The van der Waals surface area contributed by atoms with Crippen LogP contribution in [-0.2, 0) is 16.2 Å². The molecule has 26 heavy (non-hydrogen) atoms. The van der Waals surface area contributed by atoms with Gasteiger partial charge in [-0.1, -0.05) is 18.2 Å². The highest BCUT2D eigenvalue weighted by Gasteiger charge is 2.40. The van der Waals surface area contributed by atoms with Crippen LogP contribution in [0.15, 0.2) is 59.9 Å². The Morgan fingerprint density at radius 2 is 2.00 bits per heavy atom. The van der Waals surface area contributed by atoms with Crippen molar-refractivity contribution < 1.29 is 14.3 Å². The van der Waals surface area contributed by atoms with Crippen molar-refractivity contribution in [3.63, 3.8) is 0 Å². The molecule has 0 spiro atoms. The fourth-order valence-electron chi connectivity index (χ4n) is 3.52. The number of nitrogens with zero attached hydrogens (tertiary/aromatic N) is 2. The topological polar surface area (TPSA) is 59.5 Å². The van der Waals surface area contributed by atoms with E-state index in [9.17, 15) is 9.59 Å². The summed E-state index contributed by atoms with van der Waals surface area (Å²) in [7, 11) is 0. The lowest BCUT2D eigenvalue weighted by Gasteiger charge is -2.22. The third-order valence-corrected chi connectivity index (χ3v) is 5.20. The molecule has 2 aliphatic rings. The summed E-state index contributed by atoms with van der Waals surface area (Å²) in [6.45, 7) is 0.450. The highest BCUT2D eigenvalue weighted by molar-refractivity contribution is 6.38. The van der Waals surface area contributed by atoms with E-state index >= 15 is 0 Å². The summed E-state index contributed by atoms with van der Waals surface area (Å²) in [6, 6.07) is 11.7. The summed E-state index contributed by atoms with van der Waals surface area (Å²) in [5, 5.41) is 0. The van der Waals surface area contributed by atoms with E-state index < -0.39 is 0 Å². The summed E-state index contributed by atoms with van der Waals surface area (Å²) >= 11 is 5.77. The van der Waals surface area contributed by atoms with Crippen LogP contribution >= 0.6 is 11.8 Å². The number of imide groups is 1. The maximum Gasteiger partial charge on any atom is 0.272 e. The SMILES string of the molecule is O=C1C2=C(CC(c3cccc(OCc4cccnc4)c3)CC2)C(=O)N1Cl. The molecule has 2 aromatic rings. The molecule has 1 aromatic heterocycles. The summed E-state index contributed by atoms with van der Waals surface area (Å²) in [4.78, 5) is 28.2. The minimum Gasteiger partial charge on any atom is -0.489 e. The molecular formula is C20H17ClN2O3. The Labute approximate surface area is 156 Å². The molecule has 1 atom stereocenters. The zero-order chi connectivity index (χ0) is 18.1. The lowest BCUT2D eigenvalue weighted by atomic mass is 9.81. The second kappa shape index (κ2) is 6.92. The second-order valence-corrected chi connectivity index (χ2v) is 6.85. The van der Waals surface area contributed by atoms with Crippen LogP contribution in [0.25, 0.3) is 0 Å². The van der Waals surface area contributed by atoms with E-state index in [0.717, 1.165) is 23.3 Å². The van der Waals surface area contributed by atoms with Gasteiger partial charge in [0.05, 0.1) is 0 Å². The number of pyridine rings is 1. The van der Waals surface area contributed by atoms with Crippen LogP contribution in [-0.4, -0.2) is 21.2 Å². The number of amides is 2. The Balaban J connectivity index is 1.48. The van der Waals surface area contributed by atoms with Gasteiger partial charge in [0.15, 0.2) is 0 Å². The Hall–Kier alpha value is -2.66. The van der Waals surface area contributed by atoms with Crippen molar-refractivity contribution in [2.45, 2.75) is 31.8 Å². The molecule has 4 rings (SSSR count). The standard InChI is InChI=1S/C20H17ClN2O3/c21-23-19(24)17-7-6-15(10-18(17)20(23)25)14-4-1-5-16(9-14)26-12-13-3-2-8-22-11-13/h1-5,8-9,11,15H,6-7,10,12H2. The quantitative estimate of drug-likeness (QED) is 0.609. The Bertz CT molecular complexity index is 895. The Morgan fingerprint density at radius 1 is 1.15 bits per heavy atom. The van der Waals surface area contributed by atoms with Gasteiger partial charge in [-0.3, -0.25) is 14.6 Å². The van der Waals surface area contributed by atoms with E-state index in [4.69, 9.17) is 16.5 Å². The number of carbonyl (C=O) groups is 2. The fraction of sp³-hybridized carbons (Fsp3) is 0.250. The molecule has 2 heterocycles. The average molecular weight is 369 g/mol. The summed E-state index contributed by atoms with van der Waals surface area (Å²) in [6.07, 6.45) is 5.44. The van der Waals surface area contributed by atoms with Gasteiger partial charge in [-0.25, -0.2) is 0 Å². The van der Waals surface area contributed by atoms with Crippen molar-refractivity contribution in [1.29, 1.82) is 0 Å². The smallest absolute Gasteiger partial charge is 0.272 e. The molecular weight excluding hydrogens is 352 g/mol. The molecule has 0 saturated carbocycles. The van der Waals surface area contributed by atoms with E-state index in [2.05, 4.69) is 4.98 Å². The maximum absolute atomic E-state index is 12.1. The largest absolute Gasteiger partial charge is 0.489 e. The number of rotatable bonds is 4. The van der Waals surface area contributed by atoms with Crippen molar-refractivity contribution >= 4 is 23.6 Å². The lowest BCUT2D eigenvalue weighted by molar-refractivity contribution is -0.131. The summed E-state index contributed by atoms with van der Waals surface area (Å²) in [5.41, 5.74) is 3.24. The minimum atomic E-state index is -0.375. The van der Waals surface area contributed by atoms with Crippen molar-refractivity contribution in [3.05, 3.63) is 71.1 Å². The molecule has 6 heteroatoms. The van der Waals surface area contributed by atoms with Gasteiger partial charge >= 0.3 is 0 Å². The van der Waals surface area contributed by atoms with Crippen LogP contribution in [0.5, 0.6) is 5.75 Å². The van der Waals surface area contributed by atoms with Gasteiger partial charge in [0.1, 0.15) is 12.4 Å². The number of aromatic nitrogens is 1. The zero-order valence-electron chi connectivity index (χ0n) is 14.0. The first-order chi connectivity index (χ1) is 12.6. The Morgan fingerprint density at radius 3 is 2.81 bits per heavy atom. The van der Waals surface area contributed by atoms with Gasteiger partial charge < -0.3 is 4.74 Å². The van der Waals surface area contributed by atoms with Crippen LogP contribution in [0.2, 0.25) is 0 Å². The number of hydrogen-bond acceptors (Lipinski definition) is 4. The van der Waals surface area contributed by atoms with Gasteiger partial charge in [-0.15, -0.1) is 0 Å². The van der Waals surface area contributed by atoms with Gasteiger partial charge in [0.25, 0.3) is 11.8 Å². The number of benzene rings is 1. The molecule has 0 saturated heterocycles. The maximum atomic E-state index is 12.1. The fourth-order valence-corrected chi connectivity index (χ4v) is 3.72. The highest BCUT2D eigenvalue weighted by atomic mass is 35.5. The first-order valence-corrected chi connectivity index (χ1v) is 8.85. The predicted octanol–water partition coefficient (Wildman–Crippen LogP) is 3.75. The molecule has 0 fully saturated rings. The number of hydrogen-bond donors (Lipinski definition) is 0. The minimum absolute atomic E-state index is 0.176. The van der Waals surface area contributed by atoms with Crippen LogP contribution in [0.3, 0.4) is 0 Å². The molecule has 1 aromatic carbocycles. The summed E-state index contributed by atoms with van der Waals surface area (Å²) in [5.74, 6) is 0.216. The highest BCUT2D eigenvalue weighted by Crippen LogP contribution is 2.41. The van der Waals surface area contributed by atoms with E-state index in [1.54, 1.807) is 12.4 Å². The Kier molecular flexibility index (Phi) is 4.47. The monoisotopic (exact) mass is 368 g/mol.